The number of nitrogens with zero attached hydrogens (tertiary/aromatic N) is 2. The van der Waals surface area contributed by atoms with Gasteiger partial charge in [-0.2, -0.15) is 5.26 Å². The van der Waals surface area contributed by atoms with Gasteiger partial charge in [-0.15, -0.1) is 0 Å². The number of nitriles is 1. The number of para-hydroxylation sites is 1. The van der Waals surface area contributed by atoms with E-state index in [0.717, 1.165) is 18.5 Å². The number of rotatable bonds is 1. The van der Waals surface area contributed by atoms with E-state index in [9.17, 15) is 0 Å². The van der Waals surface area contributed by atoms with Gasteiger partial charge in [0.2, 0.25) is 0 Å². The predicted octanol–water partition coefficient (Wildman–Crippen LogP) is 3.61. The second-order valence-corrected chi connectivity index (χ2v) is 5.27. The minimum absolute atomic E-state index is 0.428. The fourth-order valence-electron chi connectivity index (χ4n) is 2.88. The smallest absolute Gasteiger partial charge is 0.101 e. The number of benzene rings is 2. The Kier molecular flexibility index (Phi) is 3.08. The molecule has 2 aromatic rings. The molecule has 1 aliphatic rings. The highest BCUT2D eigenvalue weighted by Crippen LogP contribution is 2.37. The van der Waals surface area contributed by atoms with Gasteiger partial charge in [-0.05, 0) is 49.6 Å². The molecular formula is C17H17N3. The van der Waals surface area contributed by atoms with Crippen LogP contribution in [0.1, 0.15) is 24.5 Å². The van der Waals surface area contributed by atoms with Crippen LogP contribution in [0.3, 0.4) is 0 Å². The minimum Gasteiger partial charge on any atom is -0.398 e. The highest BCUT2D eigenvalue weighted by atomic mass is 15.2. The van der Waals surface area contributed by atoms with Gasteiger partial charge in [-0.1, -0.05) is 18.2 Å². The van der Waals surface area contributed by atoms with Gasteiger partial charge >= 0.3 is 0 Å². The van der Waals surface area contributed by atoms with E-state index in [-0.39, 0.29) is 0 Å². The molecule has 0 saturated carbocycles. The summed E-state index contributed by atoms with van der Waals surface area (Å²) in [4.78, 5) is 2.32. The van der Waals surface area contributed by atoms with Gasteiger partial charge < -0.3 is 10.6 Å². The lowest BCUT2D eigenvalue weighted by molar-refractivity contribution is 0.618. The lowest BCUT2D eigenvalue weighted by Gasteiger charge is -2.37. The summed E-state index contributed by atoms with van der Waals surface area (Å²) in [6.45, 7) is 2.23. The highest BCUT2D eigenvalue weighted by Gasteiger charge is 2.24. The average Bonchev–Trinajstić information content (AvgIpc) is 2.47. The maximum absolute atomic E-state index is 8.99. The van der Waals surface area contributed by atoms with Gasteiger partial charge in [-0.3, -0.25) is 0 Å². The number of hydrogen-bond donors (Lipinski definition) is 1. The molecule has 3 rings (SSSR count). The number of hydrogen-bond acceptors (Lipinski definition) is 3. The molecular weight excluding hydrogens is 246 g/mol. The Morgan fingerprint density at radius 3 is 2.80 bits per heavy atom. The molecule has 0 radical (unpaired) electrons. The summed E-state index contributed by atoms with van der Waals surface area (Å²) in [5, 5.41) is 8.99. The topological polar surface area (TPSA) is 53.0 Å². The molecule has 0 saturated heterocycles. The maximum atomic E-state index is 8.99. The van der Waals surface area contributed by atoms with Crippen molar-refractivity contribution >= 4 is 17.1 Å². The fraction of sp³-hybridized carbons (Fsp3) is 0.235. The molecule has 0 fully saturated rings. The van der Waals surface area contributed by atoms with E-state index in [1.165, 1.54) is 11.3 Å². The molecule has 0 amide bonds. The second-order valence-electron chi connectivity index (χ2n) is 5.27. The van der Waals surface area contributed by atoms with Crippen molar-refractivity contribution in [1.82, 2.24) is 0 Å². The summed E-state index contributed by atoms with van der Waals surface area (Å²) < 4.78 is 0. The van der Waals surface area contributed by atoms with Crippen molar-refractivity contribution < 1.29 is 0 Å². The first-order valence-corrected chi connectivity index (χ1v) is 6.87. The predicted molar refractivity (Wildman–Crippen MR) is 81.9 cm³/mol. The van der Waals surface area contributed by atoms with Gasteiger partial charge in [0.15, 0.2) is 0 Å². The van der Waals surface area contributed by atoms with Crippen LogP contribution in [0.25, 0.3) is 0 Å². The standard InChI is InChI=1S/C17H17N3/c1-12-6-7-13-4-2-3-5-17(13)20(12)15-9-8-14(11-18)16(19)10-15/h2-5,8-10,12H,6-7,19H2,1H3. The third-order valence-electron chi connectivity index (χ3n) is 3.96. The Bertz CT molecular complexity index is 685. The van der Waals surface area contributed by atoms with Crippen molar-refractivity contribution in [2.45, 2.75) is 25.8 Å². The number of nitrogen functional groups attached to an aromatic ring is 1. The molecule has 0 spiro atoms. The van der Waals surface area contributed by atoms with Gasteiger partial charge in [-0.25, -0.2) is 0 Å². The van der Waals surface area contributed by atoms with E-state index in [1.807, 2.05) is 12.1 Å². The third kappa shape index (κ3) is 2.00. The molecule has 3 heteroatoms. The van der Waals surface area contributed by atoms with Gasteiger partial charge in [0, 0.05) is 17.4 Å². The number of nitrogens with two attached hydrogens (primary N) is 1. The van der Waals surface area contributed by atoms with E-state index >= 15 is 0 Å². The quantitative estimate of drug-likeness (QED) is 0.799. The van der Waals surface area contributed by atoms with E-state index in [1.54, 1.807) is 6.07 Å². The molecule has 1 heterocycles. The lowest BCUT2D eigenvalue weighted by Crippen LogP contribution is -2.33. The van der Waals surface area contributed by atoms with Crippen molar-refractivity contribution in [3.8, 4) is 6.07 Å². The van der Waals surface area contributed by atoms with Crippen molar-refractivity contribution in [2.24, 2.45) is 0 Å². The van der Waals surface area contributed by atoms with Crippen molar-refractivity contribution in [2.75, 3.05) is 10.6 Å². The lowest BCUT2D eigenvalue weighted by atomic mass is 9.95. The minimum atomic E-state index is 0.428. The summed E-state index contributed by atoms with van der Waals surface area (Å²) in [6.07, 6.45) is 2.23. The Balaban J connectivity index is 2.10. The first-order chi connectivity index (χ1) is 9.70. The molecule has 1 unspecified atom stereocenters. The van der Waals surface area contributed by atoms with E-state index < -0.39 is 0 Å². The Hall–Kier alpha value is -2.47. The van der Waals surface area contributed by atoms with Crippen LogP contribution in [0, 0.1) is 11.3 Å². The van der Waals surface area contributed by atoms with Crippen LogP contribution in [0.15, 0.2) is 42.5 Å². The van der Waals surface area contributed by atoms with Crippen LogP contribution in [-0.2, 0) is 6.42 Å². The zero-order valence-corrected chi connectivity index (χ0v) is 11.5. The van der Waals surface area contributed by atoms with E-state index in [2.05, 4.69) is 42.2 Å². The molecule has 0 aliphatic carbocycles. The van der Waals surface area contributed by atoms with Gasteiger partial charge in [0.05, 0.1) is 11.3 Å². The second kappa shape index (κ2) is 4.90. The summed E-state index contributed by atoms with van der Waals surface area (Å²) in [7, 11) is 0. The Morgan fingerprint density at radius 2 is 2.05 bits per heavy atom. The zero-order valence-electron chi connectivity index (χ0n) is 11.5. The van der Waals surface area contributed by atoms with Crippen LogP contribution in [0.5, 0.6) is 0 Å². The van der Waals surface area contributed by atoms with Gasteiger partial charge in [0.1, 0.15) is 6.07 Å². The first kappa shape index (κ1) is 12.6. The summed E-state index contributed by atoms with van der Waals surface area (Å²) in [5.41, 5.74) is 10.7. The van der Waals surface area contributed by atoms with Crippen molar-refractivity contribution in [1.29, 1.82) is 5.26 Å². The third-order valence-corrected chi connectivity index (χ3v) is 3.96. The molecule has 1 aliphatic heterocycles. The largest absolute Gasteiger partial charge is 0.398 e. The first-order valence-electron chi connectivity index (χ1n) is 6.87. The highest BCUT2D eigenvalue weighted by molar-refractivity contribution is 5.73. The molecule has 100 valence electrons. The van der Waals surface area contributed by atoms with E-state index in [0.29, 0.717) is 17.3 Å². The molecule has 0 bridgehead atoms. The van der Waals surface area contributed by atoms with Crippen molar-refractivity contribution in [3.05, 3.63) is 53.6 Å². The summed E-state index contributed by atoms with van der Waals surface area (Å²) in [5.74, 6) is 0. The average molecular weight is 263 g/mol. The van der Waals surface area contributed by atoms with Crippen molar-refractivity contribution in [3.63, 3.8) is 0 Å². The van der Waals surface area contributed by atoms with Crippen LogP contribution in [0.4, 0.5) is 17.1 Å². The van der Waals surface area contributed by atoms with Gasteiger partial charge in [0.25, 0.3) is 0 Å². The number of anilines is 3. The summed E-state index contributed by atoms with van der Waals surface area (Å²) >= 11 is 0. The van der Waals surface area contributed by atoms with E-state index in [4.69, 9.17) is 11.0 Å². The normalized spacial score (nSPS) is 17.4. The molecule has 2 aromatic carbocycles. The number of fused-ring (bicyclic) bond motifs is 1. The monoisotopic (exact) mass is 263 g/mol. The Morgan fingerprint density at radius 1 is 1.25 bits per heavy atom. The summed E-state index contributed by atoms with van der Waals surface area (Å²) in [6, 6.07) is 16.7. The van der Waals surface area contributed by atoms with Crippen LogP contribution >= 0.6 is 0 Å². The molecule has 1 atom stereocenters. The maximum Gasteiger partial charge on any atom is 0.101 e. The zero-order chi connectivity index (χ0) is 14.1. The molecule has 2 N–H and O–H groups in total. The van der Waals surface area contributed by atoms with Crippen LogP contribution in [-0.4, -0.2) is 6.04 Å². The Labute approximate surface area is 119 Å². The van der Waals surface area contributed by atoms with Crippen LogP contribution in [0.2, 0.25) is 0 Å². The number of aryl methyl sites for hydroxylation is 1. The molecule has 20 heavy (non-hydrogen) atoms. The fourth-order valence-corrected chi connectivity index (χ4v) is 2.88. The van der Waals surface area contributed by atoms with Crippen LogP contribution < -0.4 is 10.6 Å². The SMILES string of the molecule is CC1CCc2ccccc2N1c1ccc(C#N)c(N)c1. The molecule has 0 aromatic heterocycles. The molecule has 3 nitrogen and oxygen atoms in total.